The van der Waals surface area contributed by atoms with Crippen molar-refractivity contribution >= 4 is 5.91 Å². The lowest BCUT2D eigenvalue weighted by Crippen LogP contribution is -2.24. The first kappa shape index (κ1) is 13.5. The summed E-state index contributed by atoms with van der Waals surface area (Å²) in [5.41, 5.74) is 2.65. The molecule has 0 spiro atoms. The molecule has 0 aliphatic carbocycles. The molecule has 0 fully saturated rings. The number of fused-ring (bicyclic) bond motifs is 1. The number of aryl methyl sites for hydroxylation is 1. The standard InChI is InChI=1S/C16H15FN2O2/c1-10-2-3-11(9-19-10)6-12-7-13-15(8-14(12)17)21-5-4-18-16(13)20/h2-3,7-9H,4-6H2,1H3,(H,18,20). The van der Waals surface area contributed by atoms with Crippen LogP contribution in [-0.4, -0.2) is 24.0 Å². The van der Waals surface area contributed by atoms with Crippen molar-refractivity contribution in [3.8, 4) is 5.75 Å². The molecule has 0 saturated carbocycles. The van der Waals surface area contributed by atoms with Gasteiger partial charge in [0.2, 0.25) is 0 Å². The van der Waals surface area contributed by atoms with Gasteiger partial charge >= 0.3 is 0 Å². The highest BCUT2D eigenvalue weighted by Gasteiger charge is 2.19. The van der Waals surface area contributed by atoms with E-state index in [1.807, 2.05) is 19.1 Å². The summed E-state index contributed by atoms with van der Waals surface area (Å²) >= 11 is 0. The Balaban J connectivity index is 1.95. The Bertz CT molecular complexity index is 683. The molecule has 0 radical (unpaired) electrons. The van der Waals surface area contributed by atoms with Crippen molar-refractivity contribution in [1.29, 1.82) is 0 Å². The molecule has 5 heteroatoms. The van der Waals surface area contributed by atoms with Crippen molar-refractivity contribution in [3.05, 3.63) is 58.7 Å². The minimum absolute atomic E-state index is 0.231. The average Bonchev–Trinajstić information content (AvgIpc) is 2.64. The molecule has 0 bridgehead atoms. The van der Waals surface area contributed by atoms with Gasteiger partial charge in [-0.2, -0.15) is 0 Å². The Hall–Kier alpha value is -2.43. The van der Waals surface area contributed by atoms with Crippen molar-refractivity contribution in [2.45, 2.75) is 13.3 Å². The largest absolute Gasteiger partial charge is 0.491 e. The predicted molar refractivity (Wildman–Crippen MR) is 76.0 cm³/mol. The van der Waals surface area contributed by atoms with Gasteiger partial charge in [0.05, 0.1) is 12.1 Å². The normalized spacial score (nSPS) is 13.9. The summed E-state index contributed by atoms with van der Waals surface area (Å²) in [6, 6.07) is 6.64. The third-order valence-electron chi connectivity index (χ3n) is 3.41. The second-order valence-corrected chi connectivity index (χ2v) is 5.03. The van der Waals surface area contributed by atoms with E-state index in [4.69, 9.17) is 4.74 Å². The minimum Gasteiger partial charge on any atom is -0.491 e. The van der Waals surface area contributed by atoms with Gasteiger partial charge in [-0.15, -0.1) is 0 Å². The van der Waals surface area contributed by atoms with Gasteiger partial charge in [0.15, 0.2) is 0 Å². The van der Waals surface area contributed by atoms with E-state index in [-0.39, 0.29) is 11.7 Å². The number of nitrogens with one attached hydrogen (secondary N) is 1. The summed E-state index contributed by atoms with van der Waals surface area (Å²) in [6.45, 7) is 2.67. The van der Waals surface area contributed by atoms with E-state index in [1.54, 1.807) is 12.3 Å². The number of ether oxygens (including phenoxy) is 1. The summed E-state index contributed by atoms with van der Waals surface area (Å²) in [6.07, 6.45) is 2.11. The Labute approximate surface area is 122 Å². The number of carbonyl (C=O) groups is 1. The third kappa shape index (κ3) is 2.86. The first-order chi connectivity index (χ1) is 10.1. The van der Waals surface area contributed by atoms with Gasteiger partial charge in [0.1, 0.15) is 18.2 Å². The van der Waals surface area contributed by atoms with Crippen LogP contribution in [0.3, 0.4) is 0 Å². The third-order valence-corrected chi connectivity index (χ3v) is 3.41. The molecule has 1 aromatic carbocycles. The van der Waals surface area contributed by atoms with Crippen molar-refractivity contribution in [3.63, 3.8) is 0 Å². The lowest BCUT2D eigenvalue weighted by Gasteiger charge is -2.10. The number of halogens is 1. The molecule has 1 aliphatic rings. The van der Waals surface area contributed by atoms with E-state index in [0.717, 1.165) is 11.3 Å². The maximum absolute atomic E-state index is 14.2. The summed E-state index contributed by atoms with van der Waals surface area (Å²) in [4.78, 5) is 16.1. The molecule has 1 amide bonds. The maximum Gasteiger partial charge on any atom is 0.255 e. The van der Waals surface area contributed by atoms with Crippen LogP contribution < -0.4 is 10.1 Å². The van der Waals surface area contributed by atoms with Crippen molar-refractivity contribution < 1.29 is 13.9 Å². The van der Waals surface area contributed by atoms with Crippen LogP contribution in [0.1, 0.15) is 27.2 Å². The molecule has 3 rings (SSSR count). The van der Waals surface area contributed by atoms with Crippen LogP contribution in [0.5, 0.6) is 5.75 Å². The highest BCUT2D eigenvalue weighted by Crippen LogP contribution is 2.26. The van der Waals surface area contributed by atoms with Gasteiger partial charge < -0.3 is 10.1 Å². The van der Waals surface area contributed by atoms with Crippen LogP contribution in [0.15, 0.2) is 30.5 Å². The SMILES string of the molecule is Cc1ccc(Cc2cc3c(cc2F)OCCNC3=O)cn1. The average molecular weight is 286 g/mol. The molecule has 2 aromatic rings. The van der Waals surface area contributed by atoms with Crippen LogP contribution >= 0.6 is 0 Å². The molecule has 1 aliphatic heterocycles. The molecule has 0 unspecified atom stereocenters. The van der Waals surface area contributed by atoms with Crippen molar-refractivity contribution in [1.82, 2.24) is 10.3 Å². The van der Waals surface area contributed by atoms with Gasteiger partial charge in [0.25, 0.3) is 5.91 Å². The lowest BCUT2D eigenvalue weighted by atomic mass is 10.0. The molecular weight excluding hydrogens is 271 g/mol. The van der Waals surface area contributed by atoms with Crippen LogP contribution in [0.2, 0.25) is 0 Å². The fraction of sp³-hybridized carbons (Fsp3) is 0.250. The van der Waals surface area contributed by atoms with Crippen molar-refractivity contribution in [2.75, 3.05) is 13.2 Å². The van der Waals surface area contributed by atoms with E-state index >= 15 is 0 Å². The number of benzene rings is 1. The molecule has 2 heterocycles. The van der Waals surface area contributed by atoms with Gasteiger partial charge in [-0.25, -0.2) is 4.39 Å². The number of nitrogens with zero attached hydrogens (tertiary/aromatic N) is 1. The fourth-order valence-corrected chi connectivity index (χ4v) is 2.28. The van der Waals surface area contributed by atoms with Crippen LogP contribution in [0, 0.1) is 12.7 Å². The van der Waals surface area contributed by atoms with E-state index in [2.05, 4.69) is 10.3 Å². The first-order valence-corrected chi connectivity index (χ1v) is 6.78. The molecule has 21 heavy (non-hydrogen) atoms. The lowest BCUT2D eigenvalue weighted by molar-refractivity contribution is 0.0957. The number of carbonyl (C=O) groups excluding carboxylic acids is 1. The van der Waals surface area contributed by atoms with Crippen LogP contribution in [0.4, 0.5) is 4.39 Å². The molecule has 1 N–H and O–H groups in total. The minimum atomic E-state index is -0.371. The number of hydrogen-bond acceptors (Lipinski definition) is 3. The van der Waals surface area contributed by atoms with Crippen LogP contribution in [0.25, 0.3) is 0 Å². The van der Waals surface area contributed by atoms with E-state index in [1.165, 1.54) is 6.07 Å². The van der Waals surface area contributed by atoms with Gasteiger partial charge in [-0.05, 0) is 30.2 Å². The zero-order valence-electron chi connectivity index (χ0n) is 11.6. The Kier molecular flexibility index (Phi) is 3.56. The number of rotatable bonds is 2. The smallest absolute Gasteiger partial charge is 0.255 e. The first-order valence-electron chi connectivity index (χ1n) is 6.78. The summed E-state index contributed by atoms with van der Waals surface area (Å²) < 4.78 is 19.6. The van der Waals surface area contributed by atoms with E-state index in [0.29, 0.717) is 36.4 Å². The quantitative estimate of drug-likeness (QED) is 0.921. The summed E-state index contributed by atoms with van der Waals surface area (Å²) in [5.74, 6) is -0.303. The second-order valence-electron chi connectivity index (χ2n) is 5.03. The Morgan fingerprint density at radius 1 is 1.38 bits per heavy atom. The van der Waals surface area contributed by atoms with E-state index < -0.39 is 0 Å². The molecule has 4 nitrogen and oxygen atoms in total. The van der Waals surface area contributed by atoms with Gasteiger partial charge in [-0.3, -0.25) is 9.78 Å². The zero-order chi connectivity index (χ0) is 14.8. The van der Waals surface area contributed by atoms with E-state index in [9.17, 15) is 9.18 Å². The van der Waals surface area contributed by atoms with Crippen LogP contribution in [-0.2, 0) is 6.42 Å². The monoisotopic (exact) mass is 286 g/mol. The summed E-state index contributed by atoms with van der Waals surface area (Å²) in [5, 5.41) is 2.72. The number of hydrogen-bond donors (Lipinski definition) is 1. The number of pyridine rings is 1. The number of amides is 1. The topological polar surface area (TPSA) is 51.2 Å². The molecule has 1 aromatic heterocycles. The predicted octanol–water partition coefficient (Wildman–Crippen LogP) is 2.24. The molecule has 108 valence electrons. The molecular formula is C16H15FN2O2. The Morgan fingerprint density at radius 3 is 3.00 bits per heavy atom. The zero-order valence-corrected chi connectivity index (χ0v) is 11.6. The summed E-state index contributed by atoms with van der Waals surface area (Å²) in [7, 11) is 0. The maximum atomic E-state index is 14.2. The second kappa shape index (κ2) is 5.52. The molecule has 0 atom stereocenters. The van der Waals surface area contributed by atoms with Gasteiger partial charge in [-0.1, -0.05) is 6.07 Å². The number of aromatic nitrogens is 1. The Morgan fingerprint density at radius 2 is 2.24 bits per heavy atom. The highest BCUT2D eigenvalue weighted by molar-refractivity contribution is 5.97. The van der Waals surface area contributed by atoms with Crippen molar-refractivity contribution in [2.24, 2.45) is 0 Å². The molecule has 0 saturated heterocycles. The highest BCUT2D eigenvalue weighted by atomic mass is 19.1. The van der Waals surface area contributed by atoms with Gasteiger partial charge in [0, 0.05) is 24.4 Å². The fourth-order valence-electron chi connectivity index (χ4n) is 2.28.